The number of thiazole rings is 1. The van der Waals surface area contributed by atoms with Gasteiger partial charge in [0.25, 0.3) is 0 Å². The van der Waals surface area contributed by atoms with Crippen LogP contribution in [0.3, 0.4) is 0 Å². The number of ether oxygens (including phenoxy) is 2. The van der Waals surface area contributed by atoms with Gasteiger partial charge in [0, 0.05) is 13.2 Å². The van der Waals surface area contributed by atoms with E-state index in [0.29, 0.717) is 19.8 Å². The van der Waals surface area contributed by atoms with Crippen LogP contribution in [0.15, 0.2) is 10.7 Å². The normalized spacial score (nSPS) is 18.4. The molecule has 3 rings (SSSR count). The maximum absolute atomic E-state index is 5.63. The molecule has 1 N–H and O–H groups in total. The van der Waals surface area contributed by atoms with Gasteiger partial charge >= 0.3 is 0 Å². The Morgan fingerprint density at radius 3 is 3.29 bits per heavy atom. The largest absolute Gasteiger partial charge is 0.377 e. The van der Waals surface area contributed by atoms with E-state index in [1.165, 1.54) is 0 Å². The van der Waals surface area contributed by atoms with Crippen molar-refractivity contribution in [3.8, 4) is 0 Å². The highest BCUT2D eigenvalue weighted by Crippen LogP contribution is 2.30. The summed E-state index contributed by atoms with van der Waals surface area (Å²) < 4.78 is 13.1. The van der Waals surface area contributed by atoms with Gasteiger partial charge in [-0.25, -0.2) is 15.0 Å². The predicted octanol–water partition coefficient (Wildman–Crippen LogP) is 2.42. The molecule has 0 saturated carbocycles. The monoisotopic (exact) mass is 326 g/mol. The molecular formula is C13H18N4O2S2. The number of anilines is 1. The van der Waals surface area contributed by atoms with Crippen molar-refractivity contribution in [3.05, 3.63) is 6.33 Å². The lowest BCUT2D eigenvalue weighted by atomic mass is 10.2. The number of fused-ring (bicyclic) bond motifs is 1. The maximum Gasteiger partial charge on any atom is 0.176 e. The van der Waals surface area contributed by atoms with Gasteiger partial charge in [0.15, 0.2) is 9.99 Å². The Bertz CT molecular complexity index is 587. The van der Waals surface area contributed by atoms with Crippen LogP contribution in [0.2, 0.25) is 0 Å². The molecule has 8 heteroatoms. The Morgan fingerprint density at radius 1 is 1.52 bits per heavy atom. The fourth-order valence-corrected chi connectivity index (χ4v) is 3.66. The van der Waals surface area contributed by atoms with Crippen molar-refractivity contribution in [2.75, 3.05) is 37.9 Å². The minimum Gasteiger partial charge on any atom is -0.377 e. The number of aromatic nitrogens is 3. The van der Waals surface area contributed by atoms with Gasteiger partial charge in [-0.05, 0) is 19.1 Å². The van der Waals surface area contributed by atoms with E-state index < -0.39 is 0 Å². The second kappa shape index (κ2) is 7.35. The second-order valence-electron chi connectivity index (χ2n) is 4.70. The first-order valence-electron chi connectivity index (χ1n) is 6.95. The van der Waals surface area contributed by atoms with E-state index >= 15 is 0 Å². The van der Waals surface area contributed by atoms with E-state index in [0.717, 1.165) is 40.0 Å². The van der Waals surface area contributed by atoms with Gasteiger partial charge < -0.3 is 14.8 Å². The SMILES string of the molecule is CSc1nc2ncnc(NCCOCC3CCCO3)c2s1. The highest BCUT2D eigenvalue weighted by atomic mass is 32.2. The molecule has 1 aliphatic heterocycles. The molecule has 0 aromatic carbocycles. The summed E-state index contributed by atoms with van der Waals surface area (Å²) in [6.45, 7) is 2.90. The van der Waals surface area contributed by atoms with Gasteiger partial charge in [0.2, 0.25) is 0 Å². The van der Waals surface area contributed by atoms with Crippen LogP contribution in [-0.2, 0) is 9.47 Å². The molecule has 2 aromatic heterocycles. The quantitative estimate of drug-likeness (QED) is 0.619. The fourth-order valence-electron chi connectivity index (χ4n) is 2.18. The predicted molar refractivity (Wildman–Crippen MR) is 85.3 cm³/mol. The molecular weight excluding hydrogens is 308 g/mol. The van der Waals surface area contributed by atoms with Crippen molar-refractivity contribution in [1.82, 2.24) is 15.0 Å². The lowest BCUT2D eigenvalue weighted by Gasteiger charge is -2.10. The van der Waals surface area contributed by atoms with E-state index in [4.69, 9.17) is 9.47 Å². The van der Waals surface area contributed by atoms with E-state index in [9.17, 15) is 0 Å². The summed E-state index contributed by atoms with van der Waals surface area (Å²) in [6.07, 6.45) is 6.09. The van der Waals surface area contributed by atoms with Crippen LogP contribution in [0.5, 0.6) is 0 Å². The average molecular weight is 326 g/mol. The molecule has 0 amide bonds. The lowest BCUT2D eigenvalue weighted by Crippen LogP contribution is -2.18. The molecule has 1 unspecified atom stereocenters. The number of rotatable bonds is 7. The zero-order valence-corrected chi connectivity index (χ0v) is 13.5. The van der Waals surface area contributed by atoms with Crippen LogP contribution in [-0.4, -0.2) is 53.7 Å². The van der Waals surface area contributed by atoms with E-state index in [1.807, 2.05) is 6.26 Å². The molecule has 2 aromatic rings. The molecule has 0 aliphatic carbocycles. The zero-order chi connectivity index (χ0) is 14.5. The molecule has 0 bridgehead atoms. The van der Waals surface area contributed by atoms with Crippen molar-refractivity contribution in [2.24, 2.45) is 0 Å². The third-order valence-electron chi connectivity index (χ3n) is 3.21. The lowest BCUT2D eigenvalue weighted by molar-refractivity contribution is 0.0206. The summed E-state index contributed by atoms with van der Waals surface area (Å²) in [7, 11) is 0. The third kappa shape index (κ3) is 3.82. The fraction of sp³-hybridized carbons (Fsp3) is 0.615. The first-order chi connectivity index (χ1) is 10.4. The maximum atomic E-state index is 5.63. The van der Waals surface area contributed by atoms with Crippen LogP contribution in [0, 0.1) is 0 Å². The van der Waals surface area contributed by atoms with Gasteiger partial charge in [-0.3, -0.25) is 0 Å². The van der Waals surface area contributed by atoms with Gasteiger partial charge in [0.05, 0.1) is 19.3 Å². The Balaban J connectivity index is 1.49. The first kappa shape index (κ1) is 15.0. The van der Waals surface area contributed by atoms with E-state index in [2.05, 4.69) is 20.3 Å². The minimum atomic E-state index is 0.279. The average Bonchev–Trinajstić information content (AvgIpc) is 3.15. The highest BCUT2D eigenvalue weighted by Gasteiger charge is 2.15. The molecule has 1 fully saturated rings. The number of hydrogen-bond donors (Lipinski definition) is 1. The minimum absolute atomic E-state index is 0.279. The van der Waals surface area contributed by atoms with Gasteiger partial charge in [-0.15, -0.1) is 11.3 Å². The van der Waals surface area contributed by atoms with Crippen LogP contribution >= 0.6 is 23.1 Å². The van der Waals surface area contributed by atoms with Crippen molar-refractivity contribution in [3.63, 3.8) is 0 Å². The summed E-state index contributed by atoms with van der Waals surface area (Å²) in [4.78, 5) is 12.9. The number of thioether (sulfide) groups is 1. The highest BCUT2D eigenvalue weighted by molar-refractivity contribution is 8.00. The van der Waals surface area contributed by atoms with Gasteiger partial charge in [-0.2, -0.15) is 0 Å². The molecule has 1 atom stereocenters. The molecule has 1 saturated heterocycles. The van der Waals surface area contributed by atoms with Crippen molar-refractivity contribution >= 4 is 39.3 Å². The molecule has 0 radical (unpaired) electrons. The number of nitrogens with zero attached hydrogens (tertiary/aromatic N) is 3. The summed E-state index contributed by atoms with van der Waals surface area (Å²) >= 11 is 3.23. The number of hydrogen-bond acceptors (Lipinski definition) is 8. The van der Waals surface area contributed by atoms with Crippen LogP contribution in [0.4, 0.5) is 5.82 Å². The van der Waals surface area contributed by atoms with E-state index in [-0.39, 0.29) is 6.10 Å². The summed E-state index contributed by atoms with van der Waals surface area (Å²) in [5, 5.41) is 3.29. The Labute approximate surface area is 131 Å². The standard InChI is InChI=1S/C13H18N4O2S2/c1-20-13-17-12-10(21-13)11(15-8-16-12)14-4-6-18-7-9-3-2-5-19-9/h8-9H,2-7H2,1H3,(H,14,15,16). The summed E-state index contributed by atoms with van der Waals surface area (Å²) in [5.41, 5.74) is 0.752. The molecule has 1 aliphatic rings. The van der Waals surface area contributed by atoms with Crippen molar-refractivity contribution in [1.29, 1.82) is 0 Å². The molecule has 6 nitrogen and oxygen atoms in total. The molecule has 0 spiro atoms. The van der Waals surface area contributed by atoms with Crippen molar-refractivity contribution < 1.29 is 9.47 Å². The van der Waals surface area contributed by atoms with Crippen LogP contribution in [0.25, 0.3) is 10.3 Å². The number of nitrogens with one attached hydrogen (secondary N) is 1. The van der Waals surface area contributed by atoms with Crippen LogP contribution < -0.4 is 5.32 Å². The molecule has 114 valence electrons. The Hall–Kier alpha value is -0.960. The third-order valence-corrected chi connectivity index (χ3v) is 5.25. The molecule has 21 heavy (non-hydrogen) atoms. The first-order valence-corrected chi connectivity index (χ1v) is 8.99. The zero-order valence-electron chi connectivity index (χ0n) is 11.9. The van der Waals surface area contributed by atoms with Gasteiger partial charge in [0.1, 0.15) is 16.8 Å². The topological polar surface area (TPSA) is 69.2 Å². The second-order valence-corrected chi connectivity index (χ2v) is 6.75. The molecule has 3 heterocycles. The van der Waals surface area contributed by atoms with Crippen LogP contribution in [0.1, 0.15) is 12.8 Å². The van der Waals surface area contributed by atoms with Gasteiger partial charge in [-0.1, -0.05) is 11.8 Å². The smallest absolute Gasteiger partial charge is 0.176 e. The van der Waals surface area contributed by atoms with Crippen molar-refractivity contribution in [2.45, 2.75) is 23.3 Å². The Kier molecular flexibility index (Phi) is 5.23. The summed E-state index contributed by atoms with van der Waals surface area (Å²) in [6, 6.07) is 0. The summed E-state index contributed by atoms with van der Waals surface area (Å²) in [5.74, 6) is 0.832. The van der Waals surface area contributed by atoms with E-state index in [1.54, 1.807) is 29.4 Å². The Morgan fingerprint density at radius 2 is 2.48 bits per heavy atom.